The van der Waals surface area contributed by atoms with Crippen LogP contribution in [0.5, 0.6) is 0 Å². The van der Waals surface area contributed by atoms with Crippen LogP contribution in [0.4, 0.5) is 4.79 Å². The minimum absolute atomic E-state index is 0.353. The highest BCUT2D eigenvalue weighted by Gasteiger charge is 2.35. The fourth-order valence-corrected chi connectivity index (χ4v) is 0.454. The van der Waals surface area contributed by atoms with Crippen molar-refractivity contribution in [1.29, 1.82) is 0 Å². The van der Waals surface area contributed by atoms with Crippen molar-refractivity contribution >= 4 is 34.4 Å². The van der Waals surface area contributed by atoms with Crippen LogP contribution in [0.2, 0.25) is 6.04 Å². The third kappa shape index (κ3) is 2.02. The zero-order valence-electron chi connectivity index (χ0n) is 4.32. The summed E-state index contributed by atoms with van der Waals surface area (Å²) in [6, 6.07) is 0.353. The average molecular weight is 173 g/mol. The van der Waals surface area contributed by atoms with Crippen molar-refractivity contribution in [1.82, 2.24) is 0 Å². The Bertz CT molecular complexity index is 103. The van der Waals surface area contributed by atoms with Crippen LogP contribution >= 0.6 is 22.2 Å². The quantitative estimate of drug-likeness (QED) is 0.513. The first kappa shape index (κ1) is 8.27. The van der Waals surface area contributed by atoms with Gasteiger partial charge in [-0.2, -0.15) is 0 Å². The molecule has 2 nitrogen and oxygen atoms in total. The summed E-state index contributed by atoms with van der Waals surface area (Å²) in [6.45, 7) is -1.23. The Hall–Kier alpha value is 0.267. The maximum Gasteiger partial charge on any atom is 0.369 e. The second kappa shape index (κ2) is 2.71. The largest absolute Gasteiger partial charge is 0.483 e. The van der Waals surface area contributed by atoms with Crippen molar-refractivity contribution in [2.45, 2.75) is 13.0 Å². The minimum Gasteiger partial charge on any atom is -0.483 e. The molecule has 0 aliphatic heterocycles. The van der Waals surface area contributed by atoms with Gasteiger partial charge in [0, 0.05) is 0 Å². The van der Waals surface area contributed by atoms with Crippen molar-refractivity contribution < 1.29 is 9.90 Å². The number of hydrogen-bond acceptors (Lipinski definition) is 1. The Morgan fingerprint density at radius 1 is 1.75 bits per heavy atom. The molecule has 1 N–H and O–H groups in total. The molecular weight excluding hydrogens is 167 g/mol. The third-order valence-corrected chi connectivity index (χ3v) is 4.84. The topological polar surface area (TPSA) is 37.3 Å². The molecule has 0 unspecified atom stereocenters. The van der Waals surface area contributed by atoms with E-state index in [9.17, 15) is 4.79 Å². The highest BCUT2D eigenvalue weighted by atomic mass is 35.7. The number of carbonyl (C=O) groups is 1. The van der Waals surface area contributed by atoms with Gasteiger partial charge in [-0.25, -0.2) is 0 Å². The molecule has 0 fully saturated rings. The van der Waals surface area contributed by atoms with Gasteiger partial charge in [0.1, 0.15) is 0 Å². The van der Waals surface area contributed by atoms with Crippen molar-refractivity contribution in [2.75, 3.05) is 0 Å². The Morgan fingerprint density at radius 3 is 2.12 bits per heavy atom. The van der Waals surface area contributed by atoms with Crippen LogP contribution < -0.4 is 0 Å². The molecular formula is C3H6Cl2O2Si. The van der Waals surface area contributed by atoms with Gasteiger partial charge in [-0.05, 0) is 6.04 Å². The highest BCUT2D eigenvalue weighted by molar-refractivity contribution is 7.57. The second-order valence-corrected chi connectivity index (χ2v) is 8.36. The summed E-state index contributed by atoms with van der Waals surface area (Å²) in [5.41, 5.74) is -1.05. The first-order valence-electron chi connectivity index (χ1n) is 2.12. The third-order valence-electron chi connectivity index (χ3n) is 0.757. The Balaban J connectivity index is 3.91. The fourth-order valence-electron chi connectivity index (χ4n) is 0.151. The summed E-state index contributed by atoms with van der Waals surface area (Å²) in [7, 11) is 0. The first-order valence-corrected chi connectivity index (χ1v) is 6.35. The molecule has 0 aromatic heterocycles. The molecule has 0 spiro atoms. The van der Waals surface area contributed by atoms with Gasteiger partial charge >= 0.3 is 12.3 Å². The highest BCUT2D eigenvalue weighted by Crippen LogP contribution is 2.19. The maximum absolute atomic E-state index is 10.0. The molecule has 0 aliphatic rings. The summed E-state index contributed by atoms with van der Waals surface area (Å²) in [4.78, 5) is 10.0. The van der Waals surface area contributed by atoms with Crippen LogP contribution in [-0.4, -0.2) is 17.4 Å². The SMILES string of the molecule is CC[Si](Cl)(Cl)C(=O)O. The van der Waals surface area contributed by atoms with E-state index in [1.165, 1.54) is 0 Å². The predicted octanol–water partition coefficient (Wildman–Crippen LogP) is 2.19. The van der Waals surface area contributed by atoms with Crippen molar-refractivity contribution in [2.24, 2.45) is 0 Å². The van der Waals surface area contributed by atoms with Gasteiger partial charge in [0.2, 0.25) is 0 Å². The lowest BCUT2D eigenvalue weighted by atomic mass is 11.0. The van der Waals surface area contributed by atoms with Crippen molar-refractivity contribution in [3.05, 3.63) is 0 Å². The Kier molecular flexibility index (Phi) is 2.80. The van der Waals surface area contributed by atoms with Crippen LogP contribution in [-0.2, 0) is 0 Å². The van der Waals surface area contributed by atoms with Crippen LogP contribution in [0.1, 0.15) is 6.92 Å². The van der Waals surface area contributed by atoms with Crippen LogP contribution in [0.15, 0.2) is 0 Å². The maximum atomic E-state index is 10.0. The standard InChI is InChI=1S/C3H6Cl2O2Si/c1-2-8(4,5)3(6)7/h2H2,1H3,(H,6,7). The summed E-state index contributed by atoms with van der Waals surface area (Å²) < 4.78 is 0. The molecule has 0 aromatic rings. The molecule has 0 saturated heterocycles. The summed E-state index contributed by atoms with van der Waals surface area (Å²) in [5, 5.41) is 8.24. The van der Waals surface area contributed by atoms with E-state index < -0.39 is 12.3 Å². The minimum atomic E-state index is -2.89. The lowest BCUT2D eigenvalue weighted by Crippen LogP contribution is -2.28. The number of carboxylic acid groups (broad SMARTS) is 1. The Labute approximate surface area is 57.8 Å². The average Bonchev–Trinajstić information content (AvgIpc) is 1.67. The molecule has 0 bridgehead atoms. The van der Waals surface area contributed by atoms with E-state index in [1.54, 1.807) is 6.92 Å². The van der Waals surface area contributed by atoms with Gasteiger partial charge in [0.15, 0.2) is 0 Å². The molecule has 0 amide bonds. The molecule has 0 radical (unpaired) electrons. The van der Waals surface area contributed by atoms with Gasteiger partial charge in [-0.1, -0.05) is 6.92 Å². The molecule has 48 valence electrons. The molecule has 0 rings (SSSR count). The second-order valence-electron chi connectivity index (χ2n) is 1.36. The van der Waals surface area contributed by atoms with E-state index in [1.807, 2.05) is 0 Å². The molecule has 8 heavy (non-hydrogen) atoms. The van der Waals surface area contributed by atoms with Crippen LogP contribution in [0.25, 0.3) is 0 Å². The summed E-state index contributed by atoms with van der Waals surface area (Å²) in [6.07, 6.45) is 0. The number of rotatable bonds is 2. The van der Waals surface area contributed by atoms with E-state index in [-0.39, 0.29) is 0 Å². The van der Waals surface area contributed by atoms with Crippen molar-refractivity contribution in [3.63, 3.8) is 0 Å². The normalized spacial score (nSPS) is 11.4. The summed E-state index contributed by atoms with van der Waals surface area (Å²) >= 11 is 10.7. The molecule has 0 aliphatic carbocycles. The van der Waals surface area contributed by atoms with Gasteiger partial charge in [0.25, 0.3) is 0 Å². The number of hydrogen-bond donors (Lipinski definition) is 1. The first-order chi connectivity index (χ1) is 3.50. The van der Waals surface area contributed by atoms with E-state index in [0.717, 1.165) is 0 Å². The smallest absolute Gasteiger partial charge is 0.369 e. The zero-order chi connectivity index (χ0) is 6.78. The molecule has 0 aromatic carbocycles. The lowest BCUT2D eigenvalue weighted by molar-refractivity contribution is 0.219. The van der Waals surface area contributed by atoms with E-state index >= 15 is 0 Å². The van der Waals surface area contributed by atoms with E-state index in [2.05, 4.69) is 0 Å². The van der Waals surface area contributed by atoms with Gasteiger partial charge in [0.05, 0.1) is 0 Å². The van der Waals surface area contributed by atoms with Gasteiger partial charge < -0.3 is 5.11 Å². The van der Waals surface area contributed by atoms with Crippen molar-refractivity contribution in [3.8, 4) is 0 Å². The van der Waals surface area contributed by atoms with E-state index in [0.29, 0.717) is 6.04 Å². The van der Waals surface area contributed by atoms with E-state index in [4.69, 9.17) is 27.3 Å². The zero-order valence-corrected chi connectivity index (χ0v) is 6.83. The summed E-state index contributed by atoms with van der Waals surface area (Å²) in [5.74, 6) is 0. The van der Waals surface area contributed by atoms with Crippen LogP contribution in [0, 0.1) is 0 Å². The van der Waals surface area contributed by atoms with Crippen LogP contribution in [0.3, 0.4) is 0 Å². The molecule has 5 heteroatoms. The molecule has 0 atom stereocenters. The Morgan fingerprint density at radius 2 is 2.12 bits per heavy atom. The predicted molar refractivity (Wildman–Crippen MR) is 36.0 cm³/mol. The molecule has 0 saturated carbocycles. The monoisotopic (exact) mass is 172 g/mol. The lowest BCUT2D eigenvalue weighted by Gasteiger charge is -2.04. The van der Waals surface area contributed by atoms with Gasteiger partial charge in [-0.15, -0.1) is 22.2 Å². The molecule has 0 heterocycles. The fraction of sp³-hybridized carbons (Fsp3) is 0.667. The number of halogens is 2. The van der Waals surface area contributed by atoms with Gasteiger partial charge in [-0.3, -0.25) is 4.79 Å².